The van der Waals surface area contributed by atoms with Crippen LogP contribution in [-0.2, 0) is 11.3 Å². The average Bonchev–Trinajstić information content (AvgIpc) is 3.22. The zero-order valence-electron chi connectivity index (χ0n) is 26.7. The molecule has 0 bridgehead atoms. The number of carbonyl (C=O) groups excluding carboxylic acids is 1. The van der Waals surface area contributed by atoms with Crippen molar-refractivity contribution in [1.29, 1.82) is 0 Å². The van der Waals surface area contributed by atoms with Gasteiger partial charge in [0.25, 0.3) is 11.5 Å². The number of ether oxygens (including phenoxy) is 1. The number of aromatic amines is 1. The van der Waals surface area contributed by atoms with Crippen molar-refractivity contribution in [2.24, 2.45) is 0 Å². The molecular weight excluding hydrogens is 556 g/mol. The number of nitrogens with zero attached hydrogens (tertiary/aromatic N) is 4. The Bertz CT molecular complexity index is 1500. The Morgan fingerprint density at radius 1 is 1.09 bits per heavy atom. The van der Waals surface area contributed by atoms with Crippen LogP contribution in [0.1, 0.15) is 58.9 Å². The van der Waals surface area contributed by atoms with Gasteiger partial charge in [-0.3, -0.25) is 9.59 Å². The Hall–Kier alpha value is -3.73. The van der Waals surface area contributed by atoms with E-state index in [4.69, 9.17) is 9.57 Å². The molecule has 4 heterocycles. The van der Waals surface area contributed by atoms with Crippen LogP contribution in [0.4, 0.5) is 5.69 Å². The third-order valence-electron chi connectivity index (χ3n) is 8.80. The molecule has 0 spiro atoms. The number of pyridine rings is 2. The van der Waals surface area contributed by atoms with E-state index in [1.54, 1.807) is 0 Å². The van der Waals surface area contributed by atoms with Crippen LogP contribution in [0.3, 0.4) is 0 Å². The number of likely N-dealkylation sites (N-methyl/N-ethyl adjacent to an activating group) is 1. The van der Waals surface area contributed by atoms with Crippen molar-refractivity contribution in [1.82, 2.24) is 25.2 Å². The minimum Gasteiger partial charge on any atom is -0.386 e. The Kier molecular flexibility index (Phi) is 10.3. The maximum atomic E-state index is 13.8. The molecule has 1 aromatic carbocycles. The Morgan fingerprint density at radius 3 is 2.59 bits per heavy atom. The summed E-state index contributed by atoms with van der Waals surface area (Å²) in [5, 5.41) is 5.00. The van der Waals surface area contributed by atoms with Crippen LogP contribution in [0.15, 0.2) is 41.3 Å². The van der Waals surface area contributed by atoms with E-state index in [0.29, 0.717) is 23.0 Å². The van der Waals surface area contributed by atoms with Gasteiger partial charge in [-0.25, -0.2) is 4.98 Å². The molecule has 2 aromatic heterocycles. The maximum absolute atomic E-state index is 13.8. The summed E-state index contributed by atoms with van der Waals surface area (Å²) < 4.78 is 5.65. The molecule has 2 N–H and O–H groups in total. The third kappa shape index (κ3) is 7.49. The first-order valence-electron chi connectivity index (χ1n) is 15.8. The zero-order valence-corrected chi connectivity index (χ0v) is 26.7. The highest BCUT2D eigenvalue weighted by Gasteiger charge is 2.25. The van der Waals surface area contributed by atoms with E-state index < -0.39 is 0 Å². The van der Waals surface area contributed by atoms with Crippen LogP contribution in [0.2, 0.25) is 0 Å². The van der Waals surface area contributed by atoms with Gasteiger partial charge in [-0.15, -0.1) is 5.06 Å². The molecule has 2 fully saturated rings. The lowest BCUT2D eigenvalue weighted by atomic mass is 9.95. The van der Waals surface area contributed by atoms with Gasteiger partial charge in [-0.2, -0.15) is 0 Å². The summed E-state index contributed by atoms with van der Waals surface area (Å²) in [5.41, 5.74) is 6.37. The van der Waals surface area contributed by atoms with Gasteiger partial charge < -0.3 is 29.7 Å². The Labute approximate surface area is 260 Å². The van der Waals surface area contributed by atoms with Gasteiger partial charge in [0.15, 0.2) is 0 Å². The monoisotopic (exact) mass is 602 g/mol. The number of aromatic nitrogens is 2. The van der Waals surface area contributed by atoms with Crippen molar-refractivity contribution in [2.45, 2.75) is 59.5 Å². The van der Waals surface area contributed by atoms with Crippen molar-refractivity contribution >= 4 is 11.6 Å². The van der Waals surface area contributed by atoms with Crippen LogP contribution in [0.25, 0.3) is 11.1 Å². The first-order chi connectivity index (χ1) is 21.2. The highest BCUT2D eigenvalue weighted by molar-refractivity contribution is 5.99. The predicted molar refractivity (Wildman–Crippen MR) is 173 cm³/mol. The van der Waals surface area contributed by atoms with E-state index >= 15 is 0 Å². The number of hydrogen-bond acceptors (Lipinski definition) is 8. The minimum atomic E-state index is -0.216. The van der Waals surface area contributed by atoms with Crippen molar-refractivity contribution < 1.29 is 14.4 Å². The number of nitrogens with one attached hydrogen (secondary N) is 2. The highest BCUT2D eigenvalue weighted by atomic mass is 16.7. The molecule has 10 heteroatoms. The van der Waals surface area contributed by atoms with Gasteiger partial charge in [0.2, 0.25) is 5.88 Å². The van der Waals surface area contributed by atoms with Gasteiger partial charge in [-0.1, -0.05) is 0 Å². The second kappa shape index (κ2) is 14.4. The molecule has 3 aromatic rings. The number of aryl methyl sites for hydroxylation is 2. The summed E-state index contributed by atoms with van der Waals surface area (Å²) in [6.45, 7) is 14.0. The van der Waals surface area contributed by atoms with Gasteiger partial charge in [0.1, 0.15) is 0 Å². The van der Waals surface area contributed by atoms with E-state index in [9.17, 15) is 9.59 Å². The van der Waals surface area contributed by atoms with Crippen molar-refractivity contribution in [3.05, 3.63) is 74.8 Å². The molecular formula is C34H46N6O4. The molecule has 2 aliphatic heterocycles. The predicted octanol–water partition coefficient (Wildman–Crippen LogP) is 4.23. The maximum Gasteiger partial charge on any atom is 0.253 e. The van der Waals surface area contributed by atoms with Gasteiger partial charge in [0, 0.05) is 92.3 Å². The zero-order chi connectivity index (χ0) is 31.2. The molecule has 2 aliphatic rings. The molecule has 10 nitrogen and oxygen atoms in total. The number of benzene rings is 1. The van der Waals surface area contributed by atoms with Crippen LogP contribution in [0, 0.1) is 20.8 Å². The van der Waals surface area contributed by atoms with Gasteiger partial charge in [-0.05, 0) is 102 Å². The number of H-pyrrole nitrogens is 1. The lowest BCUT2D eigenvalue weighted by Gasteiger charge is -2.37. The van der Waals surface area contributed by atoms with Crippen molar-refractivity contribution in [3.63, 3.8) is 0 Å². The number of rotatable bonds is 9. The summed E-state index contributed by atoms with van der Waals surface area (Å²) >= 11 is 0. The van der Waals surface area contributed by atoms with E-state index in [-0.39, 0.29) is 18.0 Å². The smallest absolute Gasteiger partial charge is 0.253 e. The molecule has 44 heavy (non-hydrogen) atoms. The number of hydroxylamine groups is 2. The average molecular weight is 603 g/mol. The molecule has 1 amide bonds. The number of anilines is 1. The quantitative estimate of drug-likeness (QED) is 0.375. The van der Waals surface area contributed by atoms with E-state index in [2.05, 4.69) is 45.1 Å². The van der Waals surface area contributed by atoms with E-state index in [1.807, 2.05) is 56.3 Å². The van der Waals surface area contributed by atoms with E-state index in [0.717, 1.165) is 98.8 Å². The lowest BCUT2D eigenvalue weighted by Crippen LogP contribution is -2.40. The first kappa shape index (κ1) is 31.7. The number of hydrogen-bond donors (Lipinski definition) is 2. The molecule has 236 valence electrons. The van der Waals surface area contributed by atoms with Gasteiger partial charge >= 0.3 is 0 Å². The first-order valence-corrected chi connectivity index (χ1v) is 15.8. The van der Waals surface area contributed by atoms with Gasteiger partial charge in [0.05, 0.1) is 0 Å². The molecule has 5 rings (SSSR count). The second-order valence-corrected chi connectivity index (χ2v) is 12.0. The Morgan fingerprint density at radius 2 is 1.89 bits per heavy atom. The summed E-state index contributed by atoms with van der Waals surface area (Å²) in [7, 11) is 2.13. The fraction of sp³-hybridized carbons (Fsp3) is 0.500. The highest BCUT2D eigenvalue weighted by Crippen LogP contribution is 2.34. The fourth-order valence-electron chi connectivity index (χ4n) is 6.24. The van der Waals surface area contributed by atoms with Crippen LogP contribution >= 0.6 is 0 Å². The Balaban J connectivity index is 1.44. The molecule has 0 unspecified atom stereocenters. The summed E-state index contributed by atoms with van der Waals surface area (Å²) in [5.74, 6) is 0.340. The van der Waals surface area contributed by atoms with Crippen LogP contribution in [-0.4, -0.2) is 84.9 Å². The molecule has 0 saturated carbocycles. The number of amides is 1. The normalized spacial score (nSPS) is 16.8. The van der Waals surface area contributed by atoms with Crippen LogP contribution in [0.5, 0.6) is 5.88 Å². The summed E-state index contributed by atoms with van der Waals surface area (Å²) in [6, 6.07) is 10.2. The van der Waals surface area contributed by atoms with Crippen LogP contribution < -0.4 is 20.6 Å². The summed E-state index contributed by atoms with van der Waals surface area (Å²) in [4.78, 5) is 44.7. The summed E-state index contributed by atoms with van der Waals surface area (Å²) in [6.07, 6.45) is 4.74. The second-order valence-electron chi connectivity index (χ2n) is 12.0. The van der Waals surface area contributed by atoms with Crippen molar-refractivity contribution in [2.75, 3.05) is 57.9 Å². The molecule has 0 atom stereocenters. The SMILES string of the molecule is CCN(c1cc(-c2ccc(ON3CCCN(C)CC3)nc2)cc(C(=O)NCc2c(C)cc(C)[nH]c2=O)c1C)C1CCOCC1. The third-order valence-corrected chi connectivity index (χ3v) is 8.80. The topological polar surface area (TPSA) is 103 Å². The van der Waals surface area contributed by atoms with Crippen molar-refractivity contribution in [3.8, 4) is 17.0 Å². The lowest BCUT2D eigenvalue weighted by molar-refractivity contribution is -0.0579. The number of carbonyl (C=O) groups is 1. The largest absolute Gasteiger partial charge is 0.386 e. The molecule has 0 radical (unpaired) electrons. The molecule has 0 aliphatic carbocycles. The fourth-order valence-corrected chi connectivity index (χ4v) is 6.24. The molecule has 2 saturated heterocycles. The van der Waals surface area contributed by atoms with E-state index in [1.165, 1.54) is 0 Å². The standard InChI is InChI=1S/C34H46N6O4/c1-6-40(28-10-16-43-17-11-28)31-20-27(26-8-9-32(35-21-26)44-39-13-7-12-38(5)14-15-39)19-29(25(31)4)33(41)36-22-30-23(2)18-24(3)37-34(30)42/h8-9,18-21,28H,6-7,10-17,22H2,1-5H3,(H,36,41)(H,37,42). The minimum absolute atomic E-state index is 0.149.